The molecule has 3 rings (SSSR count). The van der Waals surface area contributed by atoms with Crippen LogP contribution in [0.5, 0.6) is 0 Å². The Labute approximate surface area is 125 Å². The number of piperidine rings is 1. The lowest BCUT2D eigenvalue weighted by molar-refractivity contribution is -0.122. The van der Waals surface area contributed by atoms with Gasteiger partial charge in [0, 0.05) is 19.0 Å². The largest absolute Gasteiger partial charge is 0.369 e. The van der Waals surface area contributed by atoms with E-state index in [2.05, 4.69) is 0 Å². The zero-order chi connectivity index (χ0) is 15.0. The van der Waals surface area contributed by atoms with Crippen molar-refractivity contribution in [3.8, 4) is 0 Å². The lowest BCUT2D eigenvalue weighted by Crippen LogP contribution is -2.41. The lowest BCUT2D eigenvalue weighted by Gasteiger charge is -2.29. The molecule has 0 aromatic heterocycles. The van der Waals surface area contributed by atoms with Crippen molar-refractivity contribution in [2.24, 2.45) is 11.7 Å². The number of amides is 1. The van der Waals surface area contributed by atoms with Crippen LogP contribution in [0.3, 0.4) is 0 Å². The molecular weight excluding hydrogens is 288 g/mol. The first-order valence-electron chi connectivity index (χ1n) is 7.40. The van der Waals surface area contributed by atoms with E-state index in [0.717, 1.165) is 24.8 Å². The monoisotopic (exact) mass is 308 g/mol. The van der Waals surface area contributed by atoms with Crippen LogP contribution in [0.4, 0.5) is 0 Å². The van der Waals surface area contributed by atoms with Crippen molar-refractivity contribution in [3.63, 3.8) is 0 Å². The first kappa shape index (κ1) is 14.5. The fourth-order valence-electron chi connectivity index (χ4n) is 3.24. The van der Waals surface area contributed by atoms with Crippen LogP contribution in [0.1, 0.15) is 30.4 Å². The fraction of sp³-hybridized carbons (Fsp3) is 0.533. The maximum absolute atomic E-state index is 12.7. The number of nitrogens with zero attached hydrogens (tertiary/aromatic N) is 1. The first-order chi connectivity index (χ1) is 9.98. The van der Waals surface area contributed by atoms with Gasteiger partial charge in [-0.15, -0.1) is 0 Å². The van der Waals surface area contributed by atoms with Gasteiger partial charge in [0.2, 0.25) is 15.9 Å². The highest BCUT2D eigenvalue weighted by molar-refractivity contribution is 7.89. The molecule has 1 aliphatic carbocycles. The van der Waals surface area contributed by atoms with Crippen LogP contribution in [-0.2, 0) is 27.7 Å². The number of sulfonamides is 1. The Kier molecular flexibility index (Phi) is 3.75. The molecule has 1 aliphatic heterocycles. The van der Waals surface area contributed by atoms with Gasteiger partial charge >= 0.3 is 0 Å². The summed E-state index contributed by atoms with van der Waals surface area (Å²) in [6, 6.07) is 5.46. The number of nitrogens with two attached hydrogens (primary N) is 1. The Bertz CT molecular complexity index is 661. The maximum atomic E-state index is 12.7. The Morgan fingerprint density at radius 1 is 1.14 bits per heavy atom. The average Bonchev–Trinajstić information content (AvgIpc) is 2.94. The summed E-state index contributed by atoms with van der Waals surface area (Å²) < 4.78 is 26.8. The van der Waals surface area contributed by atoms with E-state index in [0.29, 0.717) is 30.8 Å². The molecule has 1 aromatic carbocycles. The second-order valence-electron chi connectivity index (χ2n) is 5.86. The molecule has 0 radical (unpaired) electrons. The molecule has 0 unspecified atom stereocenters. The third kappa shape index (κ3) is 2.70. The summed E-state index contributed by atoms with van der Waals surface area (Å²) in [4.78, 5) is 11.5. The topological polar surface area (TPSA) is 80.5 Å². The maximum Gasteiger partial charge on any atom is 0.243 e. The molecule has 1 saturated heterocycles. The summed E-state index contributed by atoms with van der Waals surface area (Å²) >= 11 is 0. The van der Waals surface area contributed by atoms with E-state index in [1.807, 2.05) is 12.1 Å². The number of primary amides is 1. The lowest BCUT2D eigenvalue weighted by atomic mass is 9.98. The van der Waals surface area contributed by atoms with Crippen molar-refractivity contribution < 1.29 is 13.2 Å². The molecule has 0 bridgehead atoms. The Morgan fingerprint density at radius 3 is 2.48 bits per heavy atom. The standard InChI is InChI=1S/C15H20N2O3S/c16-15(18)12-6-8-17(9-7-12)21(19,20)14-5-4-11-2-1-3-13(11)10-14/h4-5,10,12H,1-3,6-9H2,(H2,16,18). The van der Waals surface area contributed by atoms with Crippen LogP contribution in [0, 0.1) is 5.92 Å². The third-order valence-corrected chi connectivity index (χ3v) is 6.46. The predicted octanol–water partition coefficient (Wildman–Crippen LogP) is 1.06. The summed E-state index contributed by atoms with van der Waals surface area (Å²) in [5.74, 6) is -0.527. The van der Waals surface area contributed by atoms with E-state index in [-0.39, 0.29) is 11.8 Å². The number of fused-ring (bicyclic) bond motifs is 1. The zero-order valence-corrected chi connectivity index (χ0v) is 12.7. The van der Waals surface area contributed by atoms with Gasteiger partial charge in [-0.05, 0) is 55.4 Å². The van der Waals surface area contributed by atoms with Crippen LogP contribution < -0.4 is 5.73 Å². The number of benzene rings is 1. The van der Waals surface area contributed by atoms with Gasteiger partial charge in [-0.3, -0.25) is 4.79 Å². The van der Waals surface area contributed by atoms with E-state index < -0.39 is 10.0 Å². The molecule has 2 aliphatic rings. The molecular formula is C15H20N2O3S. The van der Waals surface area contributed by atoms with Gasteiger partial charge in [0.15, 0.2) is 0 Å². The van der Waals surface area contributed by atoms with Crippen LogP contribution in [0.15, 0.2) is 23.1 Å². The summed E-state index contributed by atoms with van der Waals surface area (Å²) in [5, 5.41) is 0. The molecule has 114 valence electrons. The van der Waals surface area contributed by atoms with Crippen LogP contribution in [0.2, 0.25) is 0 Å². The highest BCUT2D eigenvalue weighted by Crippen LogP contribution is 2.28. The summed E-state index contributed by atoms with van der Waals surface area (Å²) in [5.41, 5.74) is 7.71. The second kappa shape index (κ2) is 5.42. The van der Waals surface area contributed by atoms with E-state index >= 15 is 0 Å². The molecule has 6 heteroatoms. The molecule has 1 aromatic rings. The van der Waals surface area contributed by atoms with E-state index in [4.69, 9.17) is 5.73 Å². The van der Waals surface area contributed by atoms with Crippen LogP contribution >= 0.6 is 0 Å². The number of hydrogen-bond donors (Lipinski definition) is 1. The highest BCUT2D eigenvalue weighted by Gasteiger charge is 2.31. The van der Waals surface area contributed by atoms with Gasteiger partial charge in [-0.2, -0.15) is 4.31 Å². The molecule has 0 saturated carbocycles. The Morgan fingerprint density at radius 2 is 1.81 bits per heavy atom. The molecule has 2 N–H and O–H groups in total. The van der Waals surface area contributed by atoms with Gasteiger partial charge in [0.05, 0.1) is 4.90 Å². The second-order valence-corrected chi connectivity index (χ2v) is 7.80. The summed E-state index contributed by atoms with van der Waals surface area (Å²) in [6.07, 6.45) is 4.13. The minimum atomic E-state index is -3.45. The molecule has 1 amide bonds. The molecule has 1 fully saturated rings. The quantitative estimate of drug-likeness (QED) is 0.906. The van der Waals surface area contributed by atoms with E-state index in [9.17, 15) is 13.2 Å². The van der Waals surface area contributed by atoms with Crippen LogP contribution in [-0.4, -0.2) is 31.7 Å². The van der Waals surface area contributed by atoms with Gasteiger partial charge < -0.3 is 5.73 Å². The molecule has 0 spiro atoms. The highest BCUT2D eigenvalue weighted by atomic mass is 32.2. The van der Waals surface area contributed by atoms with E-state index in [1.165, 1.54) is 9.87 Å². The van der Waals surface area contributed by atoms with Gasteiger partial charge in [0.25, 0.3) is 0 Å². The Hall–Kier alpha value is -1.40. The molecule has 5 nitrogen and oxygen atoms in total. The molecule has 21 heavy (non-hydrogen) atoms. The molecule has 0 atom stereocenters. The summed E-state index contributed by atoms with van der Waals surface area (Å²) in [7, 11) is -3.45. The minimum absolute atomic E-state index is 0.198. The average molecular weight is 308 g/mol. The van der Waals surface area contributed by atoms with Crippen molar-refractivity contribution in [3.05, 3.63) is 29.3 Å². The number of carbonyl (C=O) groups is 1. The number of carbonyl (C=O) groups excluding carboxylic acids is 1. The van der Waals surface area contributed by atoms with Crippen LogP contribution in [0.25, 0.3) is 0 Å². The van der Waals surface area contributed by atoms with Gasteiger partial charge in [-0.25, -0.2) is 8.42 Å². The van der Waals surface area contributed by atoms with Gasteiger partial charge in [-0.1, -0.05) is 6.07 Å². The van der Waals surface area contributed by atoms with Crippen molar-refractivity contribution in [1.82, 2.24) is 4.31 Å². The van der Waals surface area contributed by atoms with Gasteiger partial charge in [0.1, 0.15) is 0 Å². The van der Waals surface area contributed by atoms with Crippen molar-refractivity contribution in [1.29, 1.82) is 0 Å². The predicted molar refractivity (Wildman–Crippen MR) is 79.1 cm³/mol. The minimum Gasteiger partial charge on any atom is -0.369 e. The van der Waals surface area contributed by atoms with Crippen molar-refractivity contribution in [2.75, 3.05) is 13.1 Å². The SMILES string of the molecule is NC(=O)C1CCN(S(=O)(=O)c2ccc3c(c2)CCC3)CC1. The normalized spacial score (nSPS) is 20.4. The van der Waals surface area contributed by atoms with E-state index in [1.54, 1.807) is 6.07 Å². The Balaban J connectivity index is 1.80. The molecule has 1 heterocycles. The number of rotatable bonds is 3. The number of aryl methyl sites for hydroxylation is 2. The third-order valence-electron chi connectivity index (χ3n) is 4.56. The smallest absolute Gasteiger partial charge is 0.243 e. The van der Waals surface area contributed by atoms with Crippen molar-refractivity contribution >= 4 is 15.9 Å². The first-order valence-corrected chi connectivity index (χ1v) is 8.84. The van der Waals surface area contributed by atoms with Crippen molar-refractivity contribution in [2.45, 2.75) is 37.0 Å². The summed E-state index contributed by atoms with van der Waals surface area (Å²) in [6.45, 7) is 0.736. The number of hydrogen-bond acceptors (Lipinski definition) is 3. The fourth-order valence-corrected chi connectivity index (χ4v) is 4.76. The zero-order valence-electron chi connectivity index (χ0n) is 11.9.